The number of fused-ring (bicyclic) bond motifs is 1. The quantitative estimate of drug-likeness (QED) is 0.830. The lowest BCUT2D eigenvalue weighted by Crippen LogP contribution is -2.31. The lowest BCUT2D eigenvalue weighted by atomic mass is 9.79. The van der Waals surface area contributed by atoms with E-state index in [4.69, 9.17) is 10.2 Å². The highest BCUT2D eigenvalue weighted by molar-refractivity contribution is 5.73. The lowest BCUT2D eigenvalue weighted by molar-refractivity contribution is 0.452. The maximum atomic E-state index is 11.1. The third-order valence-electron chi connectivity index (χ3n) is 3.98. The van der Waals surface area contributed by atoms with Crippen LogP contribution in [0.4, 0.5) is 0 Å². The van der Waals surface area contributed by atoms with Gasteiger partial charge in [0.05, 0.1) is 5.52 Å². The molecule has 1 fully saturated rings. The molecule has 0 spiro atoms. The molecule has 4 heteroatoms. The molecule has 3 N–H and O–H groups in total. The number of hydrogen-bond acceptors (Lipinski definition) is 3. The van der Waals surface area contributed by atoms with E-state index in [9.17, 15) is 4.79 Å². The van der Waals surface area contributed by atoms with Gasteiger partial charge in [0, 0.05) is 12.0 Å². The largest absolute Gasteiger partial charge is 0.417 e. The Morgan fingerprint density at radius 2 is 2.12 bits per heavy atom. The summed E-state index contributed by atoms with van der Waals surface area (Å²) < 4.78 is 5.11. The van der Waals surface area contributed by atoms with Crippen molar-refractivity contribution in [2.24, 2.45) is 5.73 Å². The van der Waals surface area contributed by atoms with Gasteiger partial charge in [0.15, 0.2) is 5.58 Å². The van der Waals surface area contributed by atoms with Crippen LogP contribution in [-0.2, 0) is 5.41 Å². The van der Waals surface area contributed by atoms with Crippen molar-refractivity contribution in [2.75, 3.05) is 6.54 Å². The molecule has 0 aliphatic heterocycles. The topological polar surface area (TPSA) is 72.0 Å². The van der Waals surface area contributed by atoms with Gasteiger partial charge in [0.25, 0.3) is 0 Å². The fourth-order valence-corrected chi connectivity index (χ4v) is 2.94. The smallest absolute Gasteiger partial charge is 0.408 e. The van der Waals surface area contributed by atoms with Crippen LogP contribution in [0.15, 0.2) is 27.4 Å². The molecular formula is C13H16N2O2. The monoisotopic (exact) mass is 232 g/mol. The summed E-state index contributed by atoms with van der Waals surface area (Å²) in [4.78, 5) is 13.8. The first-order valence-corrected chi connectivity index (χ1v) is 6.07. The number of oxazole rings is 1. The second-order valence-electron chi connectivity index (χ2n) is 4.92. The molecule has 90 valence electrons. The summed E-state index contributed by atoms with van der Waals surface area (Å²) in [6.45, 7) is 0.660. The van der Waals surface area contributed by atoms with Gasteiger partial charge in [-0.3, -0.25) is 4.98 Å². The predicted molar refractivity (Wildman–Crippen MR) is 66.0 cm³/mol. The Kier molecular flexibility index (Phi) is 2.33. The molecule has 0 radical (unpaired) electrons. The Balaban J connectivity index is 2.13. The fourth-order valence-electron chi connectivity index (χ4n) is 2.94. The summed E-state index contributed by atoms with van der Waals surface area (Å²) in [6, 6.07) is 5.93. The van der Waals surface area contributed by atoms with Crippen molar-refractivity contribution in [1.82, 2.24) is 4.98 Å². The Morgan fingerprint density at radius 3 is 2.82 bits per heavy atom. The van der Waals surface area contributed by atoms with Crippen molar-refractivity contribution in [3.63, 3.8) is 0 Å². The highest BCUT2D eigenvalue weighted by atomic mass is 16.4. The van der Waals surface area contributed by atoms with E-state index in [2.05, 4.69) is 11.1 Å². The molecule has 0 atom stereocenters. The fraction of sp³-hybridized carbons (Fsp3) is 0.462. The summed E-state index contributed by atoms with van der Waals surface area (Å²) in [6.07, 6.45) is 4.71. The molecule has 0 amide bonds. The Labute approximate surface area is 98.8 Å². The average Bonchev–Trinajstić information content (AvgIpc) is 2.93. The minimum atomic E-state index is -0.398. The summed E-state index contributed by atoms with van der Waals surface area (Å²) in [7, 11) is 0. The van der Waals surface area contributed by atoms with E-state index in [1.54, 1.807) is 0 Å². The van der Waals surface area contributed by atoms with Gasteiger partial charge in [-0.25, -0.2) is 4.79 Å². The van der Waals surface area contributed by atoms with Crippen LogP contribution >= 0.6 is 0 Å². The summed E-state index contributed by atoms with van der Waals surface area (Å²) in [5.74, 6) is -0.398. The lowest BCUT2D eigenvalue weighted by Gasteiger charge is -2.27. The van der Waals surface area contributed by atoms with E-state index < -0.39 is 5.76 Å². The van der Waals surface area contributed by atoms with Crippen molar-refractivity contribution in [3.05, 3.63) is 34.3 Å². The number of H-pyrrole nitrogens is 1. The zero-order valence-electron chi connectivity index (χ0n) is 9.66. The van der Waals surface area contributed by atoms with Crippen LogP contribution in [0.2, 0.25) is 0 Å². The second kappa shape index (κ2) is 3.74. The van der Waals surface area contributed by atoms with E-state index in [1.165, 1.54) is 18.4 Å². The van der Waals surface area contributed by atoms with Crippen molar-refractivity contribution in [1.29, 1.82) is 0 Å². The van der Waals surface area contributed by atoms with Crippen LogP contribution in [0.25, 0.3) is 11.1 Å². The molecular weight excluding hydrogens is 216 g/mol. The van der Waals surface area contributed by atoms with Crippen LogP contribution in [-0.4, -0.2) is 11.5 Å². The Hall–Kier alpha value is -1.55. The van der Waals surface area contributed by atoms with Crippen LogP contribution in [0, 0.1) is 0 Å². The number of aromatic amines is 1. The molecule has 0 bridgehead atoms. The minimum Gasteiger partial charge on any atom is -0.408 e. The van der Waals surface area contributed by atoms with Crippen LogP contribution in [0.3, 0.4) is 0 Å². The van der Waals surface area contributed by atoms with Gasteiger partial charge in [-0.1, -0.05) is 18.9 Å². The molecule has 1 aromatic heterocycles. The van der Waals surface area contributed by atoms with E-state index in [-0.39, 0.29) is 5.41 Å². The Morgan fingerprint density at radius 1 is 1.35 bits per heavy atom. The maximum Gasteiger partial charge on any atom is 0.417 e. The van der Waals surface area contributed by atoms with Gasteiger partial charge >= 0.3 is 5.76 Å². The molecule has 0 saturated heterocycles. The van der Waals surface area contributed by atoms with Gasteiger partial charge in [0.2, 0.25) is 0 Å². The minimum absolute atomic E-state index is 0.0873. The summed E-state index contributed by atoms with van der Waals surface area (Å²) >= 11 is 0. The third kappa shape index (κ3) is 1.60. The highest BCUT2D eigenvalue weighted by Crippen LogP contribution is 2.40. The van der Waals surface area contributed by atoms with Gasteiger partial charge in [0.1, 0.15) is 0 Å². The summed E-state index contributed by atoms with van der Waals surface area (Å²) in [5.41, 5.74) is 8.62. The number of benzene rings is 1. The molecule has 1 heterocycles. The Bertz CT molecular complexity index is 591. The first-order valence-electron chi connectivity index (χ1n) is 6.07. The zero-order valence-corrected chi connectivity index (χ0v) is 9.66. The number of nitrogens with two attached hydrogens (primary N) is 1. The first kappa shape index (κ1) is 10.6. The number of nitrogens with one attached hydrogen (secondary N) is 1. The number of aromatic nitrogens is 1. The van der Waals surface area contributed by atoms with Gasteiger partial charge < -0.3 is 10.2 Å². The van der Waals surface area contributed by atoms with Crippen molar-refractivity contribution in [3.8, 4) is 0 Å². The van der Waals surface area contributed by atoms with E-state index in [1.807, 2.05) is 12.1 Å². The van der Waals surface area contributed by atoms with Gasteiger partial charge in [-0.05, 0) is 30.5 Å². The van der Waals surface area contributed by atoms with Crippen LogP contribution < -0.4 is 11.5 Å². The predicted octanol–water partition coefficient (Wildman–Crippen LogP) is 1.89. The van der Waals surface area contributed by atoms with Gasteiger partial charge in [-0.15, -0.1) is 0 Å². The number of hydrogen-bond donors (Lipinski definition) is 2. The molecule has 4 nitrogen and oxygen atoms in total. The molecule has 0 unspecified atom stereocenters. The number of rotatable bonds is 2. The molecule has 17 heavy (non-hydrogen) atoms. The molecule has 1 saturated carbocycles. The molecule has 1 aromatic carbocycles. The van der Waals surface area contributed by atoms with Crippen LogP contribution in [0.1, 0.15) is 31.2 Å². The molecule has 1 aliphatic rings. The first-order chi connectivity index (χ1) is 8.23. The SMILES string of the molecule is NCC1(c2ccc3[nH]c(=O)oc3c2)CCCC1. The van der Waals surface area contributed by atoms with Gasteiger partial charge in [-0.2, -0.15) is 0 Å². The van der Waals surface area contributed by atoms with Crippen molar-refractivity contribution < 1.29 is 4.42 Å². The highest BCUT2D eigenvalue weighted by Gasteiger charge is 2.34. The van der Waals surface area contributed by atoms with Crippen LogP contribution in [0.5, 0.6) is 0 Å². The normalized spacial score (nSPS) is 18.9. The molecule has 3 rings (SSSR count). The zero-order chi connectivity index (χ0) is 11.9. The second-order valence-corrected chi connectivity index (χ2v) is 4.92. The maximum absolute atomic E-state index is 11.1. The van der Waals surface area contributed by atoms with E-state index in [0.29, 0.717) is 12.1 Å². The van der Waals surface area contributed by atoms with E-state index in [0.717, 1.165) is 18.4 Å². The van der Waals surface area contributed by atoms with Crippen molar-refractivity contribution >= 4 is 11.1 Å². The standard InChI is InChI=1S/C13H16N2O2/c14-8-13(5-1-2-6-13)9-3-4-10-11(7-9)17-12(16)15-10/h3-4,7H,1-2,5-6,8,14H2,(H,15,16). The van der Waals surface area contributed by atoms with E-state index >= 15 is 0 Å². The summed E-state index contributed by atoms with van der Waals surface area (Å²) in [5, 5.41) is 0. The molecule has 2 aromatic rings. The molecule has 1 aliphatic carbocycles. The average molecular weight is 232 g/mol. The third-order valence-corrected chi connectivity index (χ3v) is 3.98. The van der Waals surface area contributed by atoms with Crippen molar-refractivity contribution in [2.45, 2.75) is 31.1 Å².